The molecule has 0 saturated carbocycles. The van der Waals surface area contributed by atoms with Gasteiger partial charge in [-0.3, -0.25) is 0 Å². The van der Waals surface area contributed by atoms with Gasteiger partial charge in [0.15, 0.2) is 5.82 Å². The van der Waals surface area contributed by atoms with Gasteiger partial charge in [0, 0.05) is 12.6 Å². The first kappa shape index (κ1) is 20.0. The number of benzene rings is 2. The van der Waals surface area contributed by atoms with Gasteiger partial charge in [-0.05, 0) is 53.2 Å². The molecule has 3 aromatic rings. The van der Waals surface area contributed by atoms with Crippen molar-refractivity contribution in [3.63, 3.8) is 0 Å². The lowest BCUT2D eigenvalue weighted by atomic mass is 9.98. The molecule has 0 aliphatic heterocycles. The molecule has 0 fully saturated rings. The van der Waals surface area contributed by atoms with Gasteiger partial charge in [-0.15, -0.1) is 5.10 Å². The normalized spacial score (nSPS) is 12.3. The first-order valence-electron chi connectivity index (χ1n) is 8.07. The van der Waals surface area contributed by atoms with Crippen LogP contribution in [-0.2, 0) is 29.7 Å². The second kappa shape index (κ2) is 7.32. The Bertz CT molecular complexity index is 1110. The third-order valence-electron chi connectivity index (χ3n) is 4.17. The summed E-state index contributed by atoms with van der Waals surface area (Å²) in [4.78, 5) is 0.000734. The standard InChI is InChI=1S/C17H16F3N5O2S/c1-21-28(26,27)14-7-6-12(15(10-14)16-22-23-24-25(16)2)8-11-4-3-5-13(9-11)17(18,19)20/h3-7,9-10,21H,8H2,1-2H3. The van der Waals surface area contributed by atoms with Crippen molar-refractivity contribution in [3.05, 3.63) is 59.2 Å². The monoisotopic (exact) mass is 411 g/mol. The van der Waals surface area contributed by atoms with Crippen molar-refractivity contribution >= 4 is 10.0 Å². The minimum Gasteiger partial charge on any atom is -0.229 e. The molecule has 0 unspecified atom stereocenters. The maximum Gasteiger partial charge on any atom is 0.416 e. The van der Waals surface area contributed by atoms with Gasteiger partial charge in [0.25, 0.3) is 0 Å². The van der Waals surface area contributed by atoms with E-state index < -0.39 is 21.8 Å². The van der Waals surface area contributed by atoms with Crippen LogP contribution < -0.4 is 4.72 Å². The zero-order chi connectivity index (χ0) is 20.5. The molecule has 0 spiro atoms. The highest BCUT2D eigenvalue weighted by Gasteiger charge is 2.30. The van der Waals surface area contributed by atoms with Crippen molar-refractivity contribution in [3.8, 4) is 11.4 Å². The third kappa shape index (κ3) is 4.04. The maximum atomic E-state index is 13.0. The minimum absolute atomic E-state index is 0.000734. The first-order valence-corrected chi connectivity index (χ1v) is 9.55. The predicted octanol–water partition coefficient (Wildman–Crippen LogP) is 2.39. The van der Waals surface area contributed by atoms with Gasteiger partial charge >= 0.3 is 6.18 Å². The van der Waals surface area contributed by atoms with Gasteiger partial charge in [-0.1, -0.05) is 24.3 Å². The zero-order valence-electron chi connectivity index (χ0n) is 14.9. The van der Waals surface area contributed by atoms with Crippen LogP contribution in [0.4, 0.5) is 13.2 Å². The van der Waals surface area contributed by atoms with Gasteiger partial charge in [0.2, 0.25) is 10.0 Å². The lowest BCUT2D eigenvalue weighted by molar-refractivity contribution is -0.137. The number of tetrazole rings is 1. The molecule has 0 saturated heterocycles. The Balaban J connectivity index is 2.10. The van der Waals surface area contributed by atoms with E-state index in [-0.39, 0.29) is 11.3 Å². The van der Waals surface area contributed by atoms with Crippen molar-refractivity contribution in [2.45, 2.75) is 17.5 Å². The second-order valence-electron chi connectivity index (χ2n) is 6.03. The predicted molar refractivity (Wildman–Crippen MR) is 94.7 cm³/mol. The summed E-state index contributed by atoms with van der Waals surface area (Å²) in [7, 11) is -0.844. The molecular weight excluding hydrogens is 395 g/mol. The van der Waals surface area contributed by atoms with Crippen LogP contribution >= 0.6 is 0 Å². The number of aryl methyl sites for hydroxylation is 1. The zero-order valence-corrected chi connectivity index (χ0v) is 15.7. The third-order valence-corrected chi connectivity index (χ3v) is 5.58. The molecule has 11 heteroatoms. The largest absolute Gasteiger partial charge is 0.416 e. The van der Waals surface area contributed by atoms with E-state index in [1.165, 1.54) is 29.9 Å². The van der Waals surface area contributed by atoms with Crippen molar-refractivity contribution in [2.24, 2.45) is 7.05 Å². The van der Waals surface area contributed by atoms with Crippen LogP contribution in [0.1, 0.15) is 16.7 Å². The van der Waals surface area contributed by atoms with Gasteiger partial charge in [0.05, 0.1) is 10.5 Å². The number of nitrogens with one attached hydrogen (secondary N) is 1. The first-order chi connectivity index (χ1) is 13.1. The van der Waals surface area contributed by atoms with Crippen molar-refractivity contribution < 1.29 is 21.6 Å². The van der Waals surface area contributed by atoms with Crippen LogP contribution in [0.2, 0.25) is 0 Å². The van der Waals surface area contributed by atoms with Crippen LogP contribution in [-0.4, -0.2) is 35.7 Å². The number of rotatable bonds is 5. The highest BCUT2D eigenvalue weighted by atomic mass is 32.2. The number of sulfonamides is 1. The summed E-state index contributed by atoms with van der Waals surface area (Å²) >= 11 is 0. The van der Waals surface area contributed by atoms with E-state index in [9.17, 15) is 21.6 Å². The van der Waals surface area contributed by atoms with Crippen molar-refractivity contribution in [2.75, 3.05) is 7.05 Å². The fraction of sp³-hybridized carbons (Fsp3) is 0.235. The average molecular weight is 411 g/mol. The Hall–Kier alpha value is -2.79. The van der Waals surface area contributed by atoms with E-state index in [4.69, 9.17) is 0 Å². The molecule has 2 aromatic carbocycles. The van der Waals surface area contributed by atoms with Crippen LogP contribution in [0.5, 0.6) is 0 Å². The Labute approximate surface area is 159 Å². The highest BCUT2D eigenvalue weighted by molar-refractivity contribution is 7.89. The highest BCUT2D eigenvalue weighted by Crippen LogP contribution is 2.31. The maximum absolute atomic E-state index is 13.0. The molecule has 148 valence electrons. The summed E-state index contributed by atoms with van der Waals surface area (Å²) in [6.45, 7) is 0. The summed E-state index contributed by atoms with van der Waals surface area (Å²) in [5.41, 5.74) is 0.685. The van der Waals surface area contributed by atoms with E-state index in [1.807, 2.05) is 0 Å². The molecule has 7 nitrogen and oxygen atoms in total. The molecular formula is C17H16F3N5O2S. The smallest absolute Gasteiger partial charge is 0.229 e. The number of alkyl halides is 3. The molecule has 0 aliphatic carbocycles. The van der Waals surface area contributed by atoms with Gasteiger partial charge < -0.3 is 0 Å². The van der Waals surface area contributed by atoms with E-state index in [0.29, 0.717) is 22.5 Å². The van der Waals surface area contributed by atoms with Crippen molar-refractivity contribution in [1.82, 2.24) is 24.9 Å². The lowest BCUT2D eigenvalue weighted by Crippen LogP contribution is -2.18. The number of nitrogens with zero attached hydrogens (tertiary/aromatic N) is 4. The second-order valence-corrected chi connectivity index (χ2v) is 7.91. The van der Waals surface area contributed by atoms with Crippen molar-refractivity contribution in [1.29, 1.82) is 0 Å². The average Bonchev–Trinajstić information content (AvgIpc) is 3.07. The molecule has 0 atom stereocenters. The van der Waals surface area contributed by atoms with E-state index >= 15 is 0 Å². The molecule has 1 N–H and O–H groups in total. The quantitative estimate of drug-likeness (QED) is 0.696. The lowest BCUT2D eigenvalue weighted by Gasteiger charge is -2.13. The van der Waals surface area contributed by atoms with Gasteiger partial charge in [-0.2, -0.15) is 13.2 Å². The number of aromatic nitrogens is 4. The molecule has 0 aliphatic rings. The Morgan fingerprint density at radius 2 is 1.89 bits per heavy atom. The topological polar surface area (TPSA) is 89.8 Å². The molecule has 0 amide bonds. The number of halogens is 3. The molecule has 3 rings (SSSR count). The minimum atomic E-state index is -4.45. The SMILES string of the molecule is CNS(=O)(=O)c1ccc(Cc2cccc(C(F)(F)F)c2)c(-c2nnnn2C)c1. The molecule has 0 bridgehead atoms. The van der Waals surface area contributed by atoms with Crippen LogP contribution in [0.3, 0.4) is 0 Å². The summed E-state index contributed by atoms with van der Waals surface area (Å²) in [6, 6.07) is 9.32. The summed E-state index contributed by atoms with van der Waals surface area (Å²) in [5, 5.41) is 11.2. The summed E-state index contributed by atoms with van der Waals surface area (Å²) in [6.07, 6.45) is -4.30. The Kier molecular flexibility index (Phi) is 5.22. The molecule has 1 aromatic heterocycles. The molecule has 28 heavy (non-hydrogen) atoms. The summed E-state index contributed by atoms with van der Waals surface area (Å²) < 4.78 is 66.8. The summed E-state index contributed by atoms with van der Waals surface area (Å²) in [5.74, 6) is 0.301. The van der Waals surface area contributed by atoms with E-state index in [0.717, 1.165) is 12.1 Å². The van der Waals surface area contributed by atoms with Gasteiger partial charge in [-0.25, -0.2) is 17.8 Å². The number of hydrogen-bond acceptors (Lipinski definition) is 5. The van der Waals surface area contributed by atoms with Crippen LogP contribution in [0, 0.1) is 0 Å². The molecule has 1 heterocycles. The van der Waals surface area contributed by atoms with E-state index in [2.05, 4.69) is 20.2 Å². The van der Waals surface area contributed by atoms with Gasteiger partial charge in [0.1, 0.15) is 0 Å². The van der Waals surface area contributed by atoms with Crippen LogP contribution in [0.15, 0.2) is 47.4 Å². The Morgan fingerprint density at radius 3 is 2.50 bits per heavy atom. The Morgan fingerprint density at radius 1 is 1.14 bits per heavy atom. The fourth-order valence-electron chi connectivity index (χ4n) is 2.74. The number of hydrogen-bond donors (Lipinski definition) is 1. The fourth-order valence-corrected chi connectivity index (χ4v) is 3.49. The van der Waals surface area contributed by atoms with E-state index in [1.54, 1.807) is 19.2 Å². The van der Waals surface area contributed by atoms with Crippen LogP contribution in [0.25, 0.3) is 11.4 Å². The molecule has 0 radical (unpaired) electrons.